The molecule has 0 bridgehead atoms. The molecule has 2 heterocycles. The van der Waals surface area contributed by atoms with E-state index in [1.165, 1.54) is 17.8 Å². The second kappa shape index (κ2) is 5.91. The normalized spacial score (nSPS) is 20.6. The van der Waals surface area contributed by atoms with Gasteiger partial charge in [-0.3, -0.25) is 4.79 Å². The Labute approximate surface area is 123 Å². The Morgan fingerprint density at radius 2 is 2.35 bits per heavy atom. The number of amides is 1. The molecule has 2 rings (SSSR count). The number of nitrogens with zero attached hydrogens (tertiary/aromatic N) is 1. The highest BCUT2D eigenvalue weighted by Crippen LogP contribution is 2.32. The van der Waals surface area contributed by atoms with Crippen LogP contribution < -0.4 is 0 Å². The topological polar surface area (TPSA) is 20.3 Å². The highest BCUT2D eigenvalue weighted by atomic mass is 79.9. The van der Waals surface area contributed by atoms with Crippen LogP contribution in [-0.2, 0) is 0 Å². The van der Waals surface area contributed by atoms with E-state index in [1.807, 2.05) is 4.90 Å². The van der Waals surface area contributed by atoms with Crippen LogP contribution in [0.5, 0.6) is 0 Å². The summed E-state index contributed by atoms with van der Waals surface area (Å²) >= 11 is 16.6. The van der Waals surface area contributed by atoms with E-state index in [9.17, 15) is 4.79 Å². The van der Waals surface area contributed by atoms with Crippen LogP contribution in [0.2, 0.25) is 8.67 Å². The average Bonchev–Trinajstić information content (AvgIpc) is 2.67. The highest BCUT2D eigenvalue weighted by molar-refractivity contribution is 9.09. The van der Waals surface area contributed by atoms with E-state index in [1.54, 1.807) is 6.07 Å². The van der Waals surface area contributed by atoms with Crippen LogP contribution in [-0.4, -0.2) is 29.2 Å². The predicted molar refractivity (Wildman–Crippen MR) is 76.8 cm³/mol. The summed E-state index contributed by atoms with van der Waals surface area (Å²) in [5.41, 5.74) is 0.539. The van der Waals surface area contributed by atoms with Gasteiger partial charge in [-0.15, -0.1) is 11.3 Å². The number of rotatable bonds is 2. The molecule has 1 aliphatic rings. The summed E-state index contributed by atoms with van der Waals surface area (Å²) in [6, 6.07) is 1.66. The lowest BCUT2D eigenvalue weighted by Gasteiger charge is -2.31. The molecule has 0 saturated carbocycles. The first kappa shape index (κ1) is 13.7. The molecule has 1 saturated heterocycles. The molecule has 0 aromatic carbocycles. The molecule has 1 amide bonds. The first-order valence-electron chi connectivity index (χ1n) is 5.42. The van der Waals surface area contributed by atoms with Crippen LogP contribution in [0.15, 0.2) is 6.07 Å². The van der Waals surface area contributed by atoms with Gasteiger partial charge in [0.05, 0.1) is 9.90 Å². The van der Waals surface area contributed by atoms with Gasteiger partial charge >= 0.3 is 0 Å². The van der Waals surface area contributed by atoms with E-state index in [4.69, 9.17) is 23.2 Å². The maximum Gasteiger partial charge on any atom is 0.256 e. The van der Waals surface area contributed by atoms with Crippen LogP contribution in [0.1, 0.15) is 23.2 Å². The van der Waals surface area contributed by atoms with Gasteiger partial charge in [0.2, 0.25) is 0 Å². The fourth-order valence-electron chi connectivity index (χ4n) is 2.03. The summed E-state index contributed by atoms with van der Waals surface area (Å²) in [5.74, 6) is 0.546. The minimum atomic E-state index is 0.00352. The first-order chi connectivity index (χ1) is 8.11. The van der Waals surface area contributed by atoms with Gasteiger partial charge in [-0.25, -0.2) is 0 Å². The molecule has 1 fully saturated rings. The van der Waals surface area contributed by atoms with Crippen LogP contribution >= 0.6 is 50.5 Å². The number of likely N-dealkylation sites (tertiary alicyclic amines) is 1. The van der Waals surface area contributed by atoms with Gasteiger partial charge in [-0.05, 0) is 24.8 Å². The Morgan fingerprint density at radius 3 is 2.94 bits per heavy atom. The van der Waals surface area contributed by atoms with E-state index in [2.05, 4.69) is 15.9 Å². The predicted octanol–water partition coefficient (Wildman–Crippen LogP) is 4.30. The number of hydrogen-bond donors (Lipinski definition) is 0. The van der Waals surface area contributed by atoms with Crippen molar-refractivity contribution in [2.45, 2.75) is 12.8 Å². The third-order valence-electron chi connectivity index (χ3n) is 2.91. The van der Waals surface area contributed by atoms with Gasteiger partial charge in [0.1, 0.15) is 4.34 Å². The Kier molecular flexibility index (Phi) is 4.75. The molecule has 1 atom stereocenters. The number of carbonyl (C=O) groups excluding carboxylic acids is 1. The van der Waals surface area contributed by atoms with Crippen molar-refractivity contribution in [2.75, 3.05) is 18.4 Å². The minimum absolute atomic E-state index is 0.00352. The number of alkyl halides is 1. The van der Waals surface area contributed by atoms with Gasteiger partial charge in [-0.2, -0.15) is 0 Å². The second-order valence-corrected chi connectivity index (χ2v) is 7.08. The van der Waals surface area contributed by atoms with Crippen LogP contribution in [0.4, 0.5) is 0 Å². The van der Waals surface area contributed by atoms with Crippen LogP contribution in [0.3, 0.4) is 0 Å². The Balaban J connectivity index is 2.12. The van der Waals surface area contributed by atoms with Gasteiger partial charge in [0.15, 0.2) is 0 Å². The Morgan fingerprint density at radius 1 is 1.59 bits per heavy atom. The fraction of sp³-hybridized carbons (Fsp3) is 0.545. The Bertz CT molecular complexity index is 424. The van der Waals surface area contributed by atoms with Crippen LogP contribution in [0, 0.1) is 5.92 Å². The molecule has 6 heteroatoms. The molecular weight excluding hydrogens is 345 g/mol. The van der Waals surface area contributed by atoms with E-state index in [0.717, 1.165) is 24.8 Å². The smallest absolute Gasteiger partial charge is 0.256 e. The van der Waals surface area contributed by atoms with Gasteiger partial charge in [-0.1, -0.05) is 39.1 Å². The fourth-order valence-corrected chi connectivity index (χ4v) is 4.01. The zero-order chi connectivity index (χ0) is 12.4. The molecule has 1 aromatic rings. The summed E-state index contributed by atoms with van der Waals surface area (Å²) in [4.78, 5) is 14.1. The maximum absolute atomic E-state index is 12.3. The molecule has 0 spiro atoms. The summed E-state index contributed by atoms with van der Waals surface area (Å²) in [6.07, 6.45) is 2.23. The molecule has 1 aliphatic heterocycles. The van der Waals surface area contributed by atoms with Crippen molar-refractivity contribution in [3.05, 3.63) is 20.3 Å². The van der Waals surface area contributed by atoms with Crippen molar-refractivity contribution >= 4 is 56.4 Å². The number of piperidine rings is 1. The van der Waals surface area contributed by atoms with E-state index < -0.39 is 0 Å². The van der Waals surface area contributed by atoms with E-state index in [0.29, 0.717) is 20.2 Å². The molecule has 1 aromatic heterocycles. The SMILES string of the molecule is O=C(c1cc(Cl)sc1Cl)N1CCCC(CBr)C1. The summed E-state index contributed by atoms with van der Waals surface area (Å²) < 4.78 is 1.05. The number of carbonyl (C=O) groups is 1. The third-order valence-corrected chi connectivity index (χ3v) is 5.31. The molecule has 1 unspecified atom stereocenters. The molecule has 2 nitrogen and oxygen atoms in total. The quantitative estimate of drug-likeness (QED) is 0.723. The van der Waals surface area contributed by atoms with Gasteiger partial charge < -0.3 is 4.90 Å². The lowest BCUT2D eigenvalue weighted by atomic mass is 10.00. The number of hydrogen-bond acceptors (Lipinski definition) is 2. The molecule has 0 radical (unpaired) electrons. The van der Waals surface area contributed by atoms with Crippen molar-refractivity contribution in [3.63, 3.8) is 0 Å². The van der Waals surface area contributed by atoms with Gasteiger partial charge in [0, 0.05) is 18.4 Å². The number of halogens is 3. The summed E-state index contributed by atoms with van der Waals surface area (Å²) in [7, 11) is 0. The highest BCUT2D eigenvalue weighted by Gasteiger charge is 2.26. The minimum Gasteiger partial charge on any atom is -0.338 e. The monoisotopic (exact) mass is 355 g/mol. The molecular formula is C11H12BrCl2NOS. The molecule has 94 valence electrons. The third kappa shape index (κ3) is 3.16. The van der Waals surface area contributed by atoms with Gasteiger partial charge in [0.25, 0.3) is 5.91 Å². The van der Waals surface area contributed by atoms with E-state index >= 15 is 0 Å². The van der Waals surface area contributed by atoms with Crippen LogP contribution in [0.25, 0.3) is 0 Å². The number of thiophene rings is 1. The maximum atomic E-state index is 12.3. The second-order valence-electron chi connectivity index (χ2n) is 4.15. The van der Waals surface area contributed by atoms with Crippen molar-refractivity contribution < 1.29 is 4.79 Å². The van der Waals surface area contributed by atoms with Crippen molar-refractivity contribution in [2.24, 2.45) is 5.92 Å². The van der Waals surface area contributed by atoms with Crippen molar-refractivity contribution in [1.29, 1.82) is 0 Å². The largest absolute Gasteiger partial charge is 0.338 e. The summed E-state index contributed by atoms with van der Waals surface area (Å²) in [5, 5.41) is 0.939. The molecule has 0 N–H and O–H groups in total. The van der Waals surface area contributed by atoms with Crippen molar-refractivity contribution in [1.82, 2.24) is 4.90 Å². The van der Waals surface area contributed by atoms with E-state index in [-0.39, 0.29) is 5.91 Å². The standard InChI is InChI=1S/C11H12BrCl2NOS/c12-5-7-2-1-3-15(6-7)11(16)8-4-9(13)17-10(8)14/h4,7H,1-3,5-6H2. The average molecular weight is 357 g/mol. The van der Waals surface area contributed by atoms with Crippen molar-refractivity contribution in [3.8, 4) is 0 Å². The molecule has 17 heavy (non-hydrogen) atoms. The lowest BCUT2D eigenvalue weighted by molar-refractivity contribution is 0.0686. The zero-order valence-electron chi connectivity index (χ0n) is 9.09. The Hall–Kier alpha value is 0.230. The molecule has 0 aliphatic carbocycles. The summed E-state index contributed by atoms with van der Waals surface area (Å²) in [6.45, 7) is 1.61. The lowest BCUT2D eigenvalue weighted by Crippen LogP contribution is -2.40. The zero-order valence-corrected chi connectivity index (χ0v) is 13.0. The first-order valence-corrected chi connectivity index (χ1v) is 8.11.